The maximum atomic E-state index is 11.2. The monoisotopic (exact) mass is 402 g/mol. The highest BCUT2D eigenvalue weighted by atomic mass is 16.7. The van der Waals surface area contributed by atoms with Crippen molar-refractivity contribution in [2.24, 2.45) is 0 Å². The molecule has 0 amide bonds. The third kappa shape index (κ3) is 4.30. The van der Waals surface area contributed by atoms with Gasteiger partial charge in [0, 0.05) is 13.3 Å². The predicted molar refractivity (Wildman–Crippen MR) is 115 cm³/mol. The van der Waals surface area contributed by atoms with E-state index in [1.54, 1.807) is 0 Å². The molecule has 0 unspecified atom stereocenters. The van der Waals surface area contributed by atoms with E-state index in [9.17, 15) is 4.79 Å². The number of hydrogen-bond donors (Lipinski definition) is 0. The number of carbonyl (C=O) groups excluding carboxylic acids is 1. The first-order valence-electron chi connectivity index (χ1n) is 10.3. The van der Waals surface area contributed by atoms with Crippen molar-refractivity contribution < 1.29 is 19.0 Å². The van der Waals surface area contributed by atoms with Gasteiger partial charge in [0.25, 0.3) is 0 Å². The largest absolute Gasteiger partial charge is 0.436 e. The smallest absolute Gasteiger partial charge is 0.304 e. The SMILES string of the molecule is CC(=O)O[C@H]1CC[C@@H](COC(c2ccccc2)(c2ccccc2)c2ccccc2)O1. The Morgan fingerprint density at radius 1 is 0.833 bits per heavy atom. The van der Waals surface area contributed by atoms with Crippen LogP contribution >= 0.6 is 0 Å². The minimum Gasteiger partial charge on any atom is -0.436 e. The van der Waals surface area contributed by atoms with Crippen LogP contribution in [0, 0.1) is 0 Å². The molecule has 0 aliphatic carbocycles. The Kier molecular flexibility index (Phi) is 6.26. The zero-order valence-corrected chi connectivity index (χ0v) is 17.1. The summed E-state index contributed by atoms with van der Waals surface area (Å²) in [5.41, 5.74) is 2.39. The molecular formula is C26H26O4. The summed E-state index contributed by atoms with van der Waals surface area (Å²) in [6.07, 6.45) is 0.843. The Labute approximate surface area is 177 Å². The summed E-state index contributed by atoms with van der Waals surface area (Å²) in [6, 6.07) is 30.8. The summed E-state index contributed by atoms with van der Waals surface area (Å²) < 4.78 is 17.9. The Hall–Kier alpha value is -2.95. The van der Waals surface area contributed by atoms with Crippen LogP contribution in [0.1, 0.15) is 36.5 Å². The van der Waals surface area contributed by atoms with Crippen LogP contribution in [0.3, 0.4) is 0 Å². The first-order valence-corrected chi connectivity index (χ1v) is 10.3. The Morgan fingerprint density at radius 3 is 1.73 bits per heavy atom. The number of carbonyl (C=O) groups is 1. The van der Waals surface area contributed by atoms with Crippen LogP contribution in [0.4, 0.5) is 0 Å². The normalized spacial score (nSPS) is 18.8. The molecule has 1 saturated heterocycles. The van der Waals surface area contributed by atoms with E-state index in [1.165, 1.54) is 6.92 Å². The highest BCUT2D eigenvalue weighted by Crippen LogP contribution is 2.41. The molecule has 1 fully saturated rings. The van der Waals surface area contributed by atoms with E-state index in [-0.39, 0.29) is 12.1 Å². The van der Waals surface area contributed by atoms with Gasteiger partial charge in [-0.3, -0.25) is 4.79 Å². The molecule has 2 atom stereocenters. The van der Waals surface area contributed by atoms with Crippen molar-refractivity contribution in [3.05, 3.63) is 108 Å². The highest BCUT2D eigenvalue weighted by Gasteiger charge is 2.39. The van der Waals surface area contributed by atoms with Gasteiger partial charge >= 0.3 is 5.97 Å². The Bertz CT molecular complexity index is 844. The Balaban J connectivity index is 1.70. The molecule has 1 aliphatic rings. The third-order valence-corrected chi connectivity index (χ3v) is 5.39. The average molecular weight is 402 g/mol. The van der Waals surface area contributed by atoms with Crippen molar-refractivity contribution in [1.29, 1.82) is 0 Å². The number of benzene rings is 3. The topological polar surface area (TPSA) is 44.8 Å². The van der Waals surface area contributed by atoms with Crippen molar-refractivity contribution in [1.82, 2.24) is 0 Å². The summed E-state index contributed by atoms with van der Waals surface area (Å²) in [5, 5.41) is 0. The quantitative estimate of drug-likeness (QED) is 0.409. The van der Waals surface area contributed by atoms with E-state index < -0.39 is 11.9 Å². The van der Waals surface area contributed by atoms with E-state index in [2.05, 4.69) is 36.4 Å². The van der Waals surface area contributed by atoms with Crippen molar-refractivity contribution >= 4 is 5.97 Å². The lowest BCUT2D eigenvalue weighted by Gasteiger charge is -2.36. The standard InChI is InChI=1S/C26H26O4/c1-20(27)29-25-18-17-24(30-25)19-28-26(21-11-5-2-6-12-21,22-13-7-3-8-14-22)23-15-9-4-10-16-23/h2-16,24-25H,17-19H2,1H3/t24-,25+/m0/s1. The highest BCUT2D eigenvalue weighted by molar-refractivity contribution is 5.66. The van der Waals surface area contributed by atoms with Gasteiger partial charge in [-0.1, -0.05) is 91.0 Å². The van der Waals surface area contributed by atoms with Gasteiger partial charge in [0.1, 0.15) is 5.60 Å². The molecule has 0 spiro atoms. The van der Waals surface area contributed by atoms with Gasteiger partial charge in [-0.05, 0) is 23.1 Å². The average Bonchev–Trinajstić information content (AvgIpc) is 3.23. The molecule has 0 aromatic heterocycles. The summed E-state index contributed by atoms with van der Waals surface area (Å²) in [7, 11) is 0. The molecule has 154 valence electrons. The van der Waals surface area contributed by atoms with E-state index in [0.717, 1.165) is 23.1 Å². The van der Waals surface area contributed by atoms with E-state index in [0.29, 0.717) is 13.0 Å². The van der Waals surface area contributed by atoms with Crippen LogP contribution in [-0.4, -0.2) is 25.0 Å². The second-order valence-electron chi connectivity index (χ2n) is 7.46. The fourth-order valence-electron chi connectivity index (χ4n) is 4.05. The minimum absolute atomic E-state index is 0.134. The predicted octanol–water partition coefficient (Wildman–Crippen LogP) is 5.06. The number of esters is 1. The summed E-state index contributed by atoms with van der Waals surface area (Å²) >= 11 is 0. The maximum absolute atomic E-state index is 11.2. The number of hydrogen-bond acceptors (Lipinski definition) is 4. The molecule has 4 nitrogen and oxygen atoms in total. The van der Waals surface area contributed by atoms with Crippen molar-refractivity contribution in [3.8, 4) is 0 Å². The van der Waals surface area contributed by atoms with Gasteiger partial charge < -0.3 is 14.2 Å². The molecule has 1 heterocycles. The zero-order valence-electron chi connectivity index (χ0n) is 17.1. The van der Waals surface area contributed by atoms with Crippen LogP contribution in [0.15, 0.2) is 91.0 Å². The van der Waals surface area contributed by atoms with Crippen molar-refractivity contribution in [2.75, 3.05) is 6.61 Å². The molecule has 3 aromatic rings. The molecule has 0 saturated carbocycles. The molecular weight excluding hydrogens is 376 g/mol. The van der Waals surface area contributed by atoms with E-state index in [4.69, 9.17) is 14.2 Å². The lowest BCUT2D eigenvalue weighted by atomic mass is 9.80. The van der Waals surface area contributed by atoms with E-state index in [1.807, 2.05) is 54.6 Å². The van der Waals surface area contributed by atoms with Crippen molar-refractivity contribution in [2.45, 2.75) is 37.8 Å². The zero-order chi connectivity index (χ0) is 20.8. The summed E-state index contributed by atoms with van der Waals surface area (Å²) in [4.78, 5) is 11.2. The number of rotatable bonds is 7. The van der Waals surface area contributed by atoms with Crippen molar-refractivity contribution in [3.63, 3.8) is 0 Å². The van der Waals surface area contributed by atoms with Crippen LogP contribution in [-0.2, 0) is 24.6 Å². The van der Waals surface area contributed by atoms with Crippen LogP contribution in [0.25, 0.3) is 0 Å². The maximum Gasteiger partial charge on any atom is 0.304 e. The molecule has 30 heavy (non-hydrogen) atoms. The van der Waals surface area contributed by atoms with Gasteiger partial charge in [-0.25, -0.2) is 0 Å². The minimum atomic E-state index is -0.771. The fraction of sp³-hybridized carbons (Fsp3) is 0.269. The van der Waals surface area contributed by atoms with Crippen LogP contribution < -0.4 is 0 Å². The van der Waals surface area contributed by atoms with Gasteiger partial charge in [0.05, 0.1) is 12.7 Å². The molecule has 0 radical (unpaired) electrons. The molecule has 1 aliphatic heterocycles. The number of ether oxygens (including phenoxy) is 3. The molecule has 3 aromatic carbocycles. The molecule has 0 bridgehead atoms. The Morgan fingerprint density at radius 2 is 1.30 bits per heavy atom. The lowest BCUT2D eigenvalue weighted by Crippen LogP contribution is -2.36. The van der Waals surface area contributed by atoms with Crippen LogP contribution in [0.2, 0.25) is 0 Å². The molecule has 0 N–H and O–H groups in total. The van der Waals surface area contributed by atoms with Crippen LogP contribution in [0.5, 0.6) is 0 Å². The first-order chi connectivity index (χ1) is 14.7. The van der Waals surface area contributed by atoms with Gasteiger partial charge in [0.2, 0.25) is 6.29 Å². The van der Waals surface area contributed by atoms with Gasteiger partial charge in [-0.2, -0.15) is 0 Å². The summed E-state index contributed by atoms with van der Waals surface area (Å²) in [6.45, 7) is 1.79. The van der Waals surface area contributed by atoms with E-state index >= 15 is 0 Å². The molecule has 4 heteroatoms. The van der Waals surface area contributed by atoms with Gasteiger partial charge in [-0.15, -0.1) is 0 Å². The second-order valence-corrected chi connectivity index (χ2v) is 7.46. The first kappa shape index (κ1) is 20.3. The third-order valence-electron chi connectivity index (χ3n) is 5.39. The lowest BCUT2D eigenvalue weighted by molar-refractivity contribution is -0.178. The molecule has 4 rings (SSSR count). The summed E-state index contributed by atoms with van der Waals surface area (Å²) in [5.74, 6) is -0.325. The fourth-order valence-corrected chi connectivity index (χ4v) is 4.05. The van der Waals surface area contributed by atoms with Gasteiger partial charge in [0.15, 0.2) is 0 Å². The second kappa shape index (κ2) is 9.24.